The highest BCUT2D eigenvalue weighted by Crippen LogP contribution is 2.40. The molecule has 0 saturated heterocycles. The molecule has 3 aromatic heterocycles. The molecule has 1 atom stereocenters. The maximum atomic E-state index is 11.6. The number of benzene rings is 1. The van der Waals surface area contributed by atoms with E-state index < -0.39 is 9.84 Å². The molecule has 34 heavy (non-hydrogen) atoms. The fourth-order valence-corrected chi connectivity index (χ4v) is 4.36. The lowest BCUT2D eigenvalue weighted by Crippen LogP contribution is -2.20. The van der Waals surface area contributed by atoms with E-state index in [2.05, 4.69) is 53.3 Å². The van der Waals surface area contributed by atoms with Crippen molar-refractivity contribution in [1.82, 2.24) is 25.4 Å². The Bertz CT molecular complexity index is 1380. The first kappa shape index (κ1) is 23.4. The van der Waals surface area contributed by atoms with Crippen molar-refractivity contribution in [2.24, 2.45) is 5.41 Å². The molecular weight excluding hydrogens is 448 g/mol. The first-order chi connectivity index (χ1) is 16.0. The van der Waals surface area contributed by atoms with Crippen molar-refractivity contribution in [1.29, 1.82) is 0 Å². The van der Waals surface area contributed by atoms with Crippen LogP contribution in [0.2, 0.25) is 0 Å². The Labute approximate surface area is 199 Å². The van der Waals surface area contributed by atoms with Crippen molar-refractivity contribution < 1.29 is 8.42 Å². The Hall–Kier alpha value is -3.72. The average Bonchev–Trinajstić information content (AvgIpc) is 2.79. The van der Waals surface area contributed by atoms with Crippen molar-refractivity contribution >= 4 is 15.7 Å². The van der Waals surface area contributed by atoms with Gasteiger partial charge in [0, 0.05) is 35.2 Å². The molecule has 4 aromatic rings. The molecule has 0 amide bonds. The molecule has 3 heterocycles. The van der Waals surface area contributed by atoms with E-state index in [9.17, 15) is 8.42 Å². The molecule has 0 aliphatic rings. The fourth-order valence-electron chi connectivity index (χ4n) is 3.86. The molecule has 0 aliphatic heterocycles. The van der Waals surface area contributed by atoms with Crippen LogP contribution in [0, 0.1) is 5.41 Å². The summed E-state index contributed by atoms with van der Waals surface area (Å²) in [6, 6.07) is 18.8. The van der Waals surface area contributed by atoms with Crippen LogP contribution >= 0.6 is 0 Å². The number of pyridine rings is 1. The summed E-state index contributed by atoms with van der Waals surface area (Å²) in [5, 5.41) is 15.9. The Kier molecular flexibility index (Phi) is 6.14. The van der Waals surface area contributed by atoms with Crippen LogP contribution in [0.5, 0.6) is 0 Å². The lowest BCUT2D eigenvalue weighted by molar-refractivity contribution is 0.353. The summed E-state index contributed by atoms with van der Waals surface area (Å²) < 4.78 is 23.2. The highest BCUT2D eigenvalue weighted by molar-refractivity contribution is 7.90. The molecule has 1 aromatic carbocycles. The van der Waals surface area contributed by atoms with Crippen LogP contribution in [0.25, 0.3) is 22.5 Å². The number of nitrogen functional groups attached to an aromatic ring is 1. The summed E-state index contributed by atoms with van der Waals surface area (Å²) in [5.74, 6) is 0.437. The minimum absolute atomic E-state index is 0.0480. The van der Waals surface area contributed by atoms with Gasteiger partial charge in [-0.2, -0.15) is 0 Å². The molecule has 0 saturated carbocycles. The van der Waals surface area contributed by atoms with Gasteiger partial charge in [-0.1, -0.05) is 45.0 Å². The van der Waals surface area contributed by atoms with Gasteiger partial charge in [0.2, 0.25) is 0 Å². The smallest absolute Gasteiger partial charge is 0.194 e. The van der Waals surface area contributed by atoms with Gasteiger partial charge in [-0.25, -0.2) is 8.42 Å². The maximum Gasteiger partial charge on any atom is 0.194 e. The van der Waals surface area contributed by atoms with E-state index in [0.717, 1.165) is 34.3 Å². The number of rotatable bonds is 5. The predicted molar refractivity (Wildman–Crippen MR) is 132 cm³/mol. The van der Waals surface area contributed by atoms with Gasteiger partial charge in [-0.05, 0) is 47.4 Å². The Morgan fingerprint density at radius 2 is 1.38 bits per heavy atom. The largest absolute Gasteiger partial charge is 0.382 e. The van der Waals surface area contributed by atoms with Crippen molar-refractivity contribution in [3.63, 3.8) is 0 Å². The lowest BCUT2D eigenvalue weighted by Gasteiger charge is -2.31. The number of hydrogen-bond acceptors (Lipinski definition) is 8. The van der Waals surface area contributed by atoms with Gasteiger partial charge in [-0.15, -0.1) is 20.4 Å². The van der Waals surface area contributed by atoms with Crippen LogP contribution in [0.3, 0.4) is 0 Å². The molecule has 2 N–H and O–H groups in total. The number of nitrogens with two attached hydrogens (primary N) is 1. The molecule has 0 aliphatic carbocycles. The van der Waals surface area contributed by atoms with Crippen molar-refractivity contribution in [2.75, 3.05) is 12.0 Å². The summed E-state index contributed by atoms with van der Waals surface area (Å²) in [4.78, 5) is 4.74. The van der Waals surface area contributed by atoms with E-state index >= 15 is 0 Å². The molecular formula is C25H26N6O2S. The van der Waals surface area contributed by atoms with Gasteiger partial charge in [0.1, 0.15) is 5.82 Å². The molecule has 0 bridgehead atoms. The summed E-state index contributed by atoms with van der Waals surface area (Å²) >= 11 is 0. The highest BCUT2D eigenvalue weighted by atomic mass is 32.2. The second-order valence-corrected chi connectivity index (χ2v) is 11.2. The van der Waals surface area contributed by atoms with Crippen LogP contribution < -0.4 is 5.73 Å². The lowest BCUT2D eigenvalue weighted by atomic mass is 9.74. The fraction of sp³-hybridized carbons (Fsp3) is 0.240. The molecule has 9 heteroatoms. The third kappa shape index (κ3) is 5.09. The number of aromatic nitrogens is 5. The molecule has 0 radical (unpaired) electrons. The quantitative estimate of drug-likeness (QED) is 0.457. The highest BCUT2D eigenvalue weighted by Gasteiger charge is 2.29. The minimum atomic E-state index is -3.39. The first-order valence-corrected chi connectivity index (χ1v) is 12.6. The van der Waals surface area contributed by atoms with E-state index in [1.54, 1.807) is 18.3 Å². The molecule has 0 fully saturated rings. The van der Waals surface area contributed by atoms with E-state index in [0.29, 0.717) is 11.5 Å². The standard InChI is InChI=1S/C25H26N6O2S/c1-25(2,3)24(17-7-5-16(6-8-17)19-11-13-22(26)30-28-19)21-10-9-18(15-27-21)20-12-14-23(31-29-20)34(4,32)33/h5-15,24H,1-4H3,(H2,26,30). The van der Waals surface area contributed by atoms with Crippen LogP contribution in [-0.2, 0) is 9.84 Å². The van der Waals surface area contributed by atoms with Crippen molar-refractivity contribution in [2.45, 2.75) is 31.7 Å². The Morgan fingerprint density at radius 1 is 0.765 bits per heavy atom. The van der Waals surface area contributed by atoms with Crippen molar-refractivity contribution in [3.05, 3.63) is 78.1 Å². The predicted octanol–water partition coefficient (Wildman–Crippen LogP) is 4.16. The molecule has 174 valence electrons. The van der Waals surface area contributed by atoms with E-state index in [1.807, 2.05) is 30.3 Å². The van der Waals surface area contributed by atoms with Gasteiger partial charge in [0.05, 0.1) is 11.4 Å². The summed E-state index contributed by atoms with van der Waals surface area (Å²) in [5.41, 5.74) is 10.7. The van der Waals surface area contributed by atoms with E-state index in [1.165, 1.54) is 6.07 Å². The zero-order chi connectivity index (χ0) is 24.5. The van der Waals surface area contributed by atoms with Crippen molar-refractivity contribution in [3.8, 4) is 22.5 Å². The van der Waals surface area contributed by atoms with Gasteiger partial charge in [-0.3, -0.25) is 4.98 Å². The Morgan fingerprint density at radius 3 is 1.88 bits per heavy atom. The van der Waals surface area contributed by atoms with Crippen LogP contribution in [0.4, 0.5) is 5.82 Å². The molecule has 4 rings (SSSR count). The zero-order valence-electron chi connectivity index (χ0n) is 19.5. The second-order valence-electron chi connectivity index (χ2n) is 9.27. The first-order valence-electron chi connectivity index (χ1n) is 10.7. The molecule has 8 nitrogen and oxygen atoms in total. The second kappa shape index (κ2) is 8.90. The summed E-state index contributed by atoms with van der Waals surface area (Å²) in [6.45, 7) is 6.55. The summed E-state index contributed by atoms with van der Waals surface area (Å²) in [7, 11) is -3.39. The number of sulfone groups is 1. The Balaban J connectivity index is 1.63. The van der Waals surface area contributed by atoms with Crippen LogP contribution in [0.1, 0.15) is 37.9 Å². The number of nitrogens with zero attached hydrogens (tertiary/aromatic N) is 5. The van der Waals surface area contributed by atoms with E-state index in [4.69, 9.17) is 10.7 Å². The summed E-state index contributed by atoms with van der Waals surface area (Å²) in [6.07, 6.45) is 2.85. The number of anilines is 1. The monoisotopic (exact) mass is 474 g/mol. The zero-order valence-corrected chi connectivity index (χ0v) is 20.3. The third-order valence-corrected chi connectivity index (χ3v) is 6.47. The normalized spacial score (nSPS) is 12.9. The maximum absolute atomic E-state index is 11.6. The van der Waals surface area contributed by atoms with Gasteiger partial charge in [0.15, 0.2) is 14.9 Å². The SMILES string of the molecule is CC(C)(C)C(c1ccc(-c2ccc(N)nn2)cc1)c1ccc(-c2ccc(S(C)(=O)=O)nn2)cn1. The van der Waals surface area contributed by atoms with Gasteiger partial charge < -0.3 is 5.73 Å². The minimum Gasteiger partial charge on any atom is -0.382 e. The molecule has 0 spiro atoms. The van der Waals surface area contributed by atoms with Crippen LogP contribution in [-0.4, -0.2) is 40.1 Å². The van der Waals surface area contributed by atoms with E-state index in [-0.39, 0.29) is 16.4 Å². The van der Waals surface area contributed by atoms with Crippen LogP contribution in [0.15, 0.2) is 71.9 Å². The molecule has 1 unspecified atom stereocenters. The third-order valence-electron chi connectivity index (χ3n) is 5.49. The average molecular weight is 475 g/mol. The topological polar surface area (TPSA) is 125 Å². The van der Waals surface area contributed by atoms with Gasteiger partial charge in [0.25, 0.3) is 0 Å². The van der Waals surface area contributed by atoms with Gasteiger partial charge >= 0.3 is 0 Å². The number of hydrogen-bond donors (Lipinski definition) is 1.